The summed E-state index contributed by atoms with van der Waals surface area (Å²) in [6, 6.07) is 0. The van der Waals surface area contributed by atoms with Gasteiger partial charge in [0, 0.05) is 19.3 Å². The molecule has 83 heavy (non-hydrogen) atoms. The van der Waals surface area contributed by atoms with Crippen molar-refractivity contribution >= 4 is 17.9 Å². The van der Waals surface area contributed by atoms with Crippen LogP contribution in [0, 0.1) is 0 Å². The van der Waals surface area contributed by atoms with E-state index in [2.05, 4.69) is 154 Å². The Morgan fingerprint density at radius 2 is 0.470 bits per heavy atom. The van der Waals surface area contributed by atoms with Crippen LogP contribution in [0.1, 0.15) is 316 Å². The van der Waals surface area contributed by atoms with Crippen LogP contribution in [0.4, 0.5) is 0 Å². The zero-order chi connectivity index (χ0) is 59.9. The first-order valence-electron chi connectivity index (χ1n) is 34.7. The maximum absolute atomic E-state index is 12.9. The molecule has 0 radical (unpaired) electrons. The van der Waals surface area contributed by atoms with E-state index < -0.39 is 6.10 Å². The van der Waals surface area contributed by atoms with Gasteiger partial charge in [-0.2, -0.15) is 0 Å². The zero-order valence-electron chi connectivity index (χ0n) is 54.2. The Labute approximate surface area is 513 Å². The number of hydrogen-bond donors (Lipinski definition) is 0. The lowest BCUT2D eigenvalue weighted by Crippen LogP contribution is -2.30. The average Bonchev–Trinajstić information content (AvgIpc) is 3.49. The van der Waals surface area contributed by atoms with Crippen molar-refractivity contribution in [3.05, 3.63) is 134 Å². The monoisotopic (exact) mass is 1150 g/mol. The van der Waals surface area contributed by atoms with Gasteiger partial charge in [0.15, 0.2) is 6.10 Å². The molecule has 0 fully saturated rings. The van der Waals surface area contributed by atoms with Crippen LogP contribution < -0.4 is 0 Å². The zero-order valence-corrected chi connectivity index (χ0v) is 54.2. The van der Waals surface area contributed by atoms with Gasteiger partial charge in [-0.25, -0.2) is 0 Å². The summed E-state index contributed by atoms with van der Waals surface area (Å²) in [5, 5.41) is 0. The Kier molecular flexibility index (Phi) is 66.3. The summed E-state index contributed by atoms with van der Waals surface area (Å²) in [6.45, 7) is 6.38. The molecular weight excluding hydrogens is 1020 g/mol. The van der Waals surface area contributed by atoms with Crippen molar-refractivity contribution in [2.75, 3.05) is 13.2 Å². The Hall–Kier alpha value is -4.45. The van der Waals surface area contributed by atoms with E-state index in [0.717, 1.165) is 128 Å². The molecular formula is C77H128O6. The summed E-state index contributed by atoms with van der Waals surface area (Å²) in [7, 11) is 0. The van der Waals surface area contributed by atoms with Crippen molar-refractivity contribution in [3.8, 4) is 0 Å². The predicted molar refractivity (Wildman–Crippen MR) is 362 cm³/mol. The van der Waals surface area contributed by atoms with E-state index in [1.165, 1.54) is 148 Å². The van der Waals surface area contributed by atoms with Crippen LogP contribution in [0.2, 0.25) is 0 Å². The molecule has 0 rings (SSSR count). The first-order chi connectivity index (χ1) is 41.0. The van der Waals surface area contributed by atoms with Crippen LogP contribution in [-0.4, -0.2) is 37.2 Å². The van der Waals surface area contributed by atoms with E-state index in [4.69, 9.17) is 14.2 Å². The second kappa shape index (κ2) is 70.0. The van der Waals surface area contributed by atoms with Crippen LogP contribution in [0.15, 0.2) is 134 Å². The van der Waals surface area contributed by atoms with Crippen molar-refractivity contribution in [3.63, 3.8) is 0 Å². The second-order valence-corrected chi connectivity index (χ2v) is 22.7. The van der Waals surface area contributed by atoms with Crippen molar-refractivity contribution in [2.45, 2.75) is 322 Å². The Morgan fingerprint density at radius 1 is 0.253 bits per heavy atom. The molecule has 6 heteroatoms. The molecule has 0 spiro atoms. The van der Waals surface area contributed by atoms with E-state index in [9.17, 15) is 14.4 Å². The summed E-state index contributed by atoms with van der Waals surface area (Å²) in [5.41, 5.74) is 0. The molecule has 1 unspecified atom stereocenters. The molecule has 0 aromatic heterocycles. The largest absolute Gasteiger partial charge is 0.462 e. The van der Waals surface area contributed by atoms with E-state index in [1.807, 2.05) is 0 Å². The van der Waals surface area contributed by atoms with E-state index >= 15 is 0 Å². The third-order valence-electron chi connectivity index (χ3n) is 14.6. The molecule has 0 aromatic rings. The van der Waals surface area contributed by atoms with E-state index in [1.54, 1.807) is 0 Å². The highest BCUT2D eigenvalue weighted by Gasteiger charge is 2.19. The fraction of sp³-hybridized carbons (Fsp3) is 0.675. The van der Waals surface area contributed by atoms with Gasteiger partial charge in [0.2, 0.25) is 0 Å². The average molecular weight is 1150 g/mol. The molecule has 0 heterocycles. The van der Waals surface area contributed by atoms with Gasteiger partial charge in [-0.1, -0.05) is 296 Å². The quantitative estimate of drug-likeness (QED) is 0.0261. The minimum Gasteiger partial charge on any atom is -0.462 e. The SMILES string of the molecule is CC/C=C\C/C=C\C/C=C\C/C=C\C/C=C\C/C=C\CCCCCCCCCCCCCCCCC(=O)OCC(COC(=O)CCCCC/C=C\C/C=C\C/C=C\CC)OC(=O)CCCCCCCCCCC/C=C\C/C=C\CCCCC. The number of rotatable bonds is 62. The first kappa shape index (κ1) is 78.5. The fourth-order valence-electron chi connectivity index (χ4n) is 9.49. The van der Waals surface area contributed by atoms with Crippen molar-refractivity contribution in [2.24, 2.45) is 0 Å². The standard InChI is InChI=1S/C77H128O6/c1-4-7-10-13-16-19-22-25-27-29-31-32-33-34-35-36-37-38-39-40-41-42-43-44-46-47-49-52-55-58-61-64-67-70-76(79)82-73-74(72-81-75(78)69-66-63-60-57-54-51-24-21-18-15-12-9-6-3)83-77(80)71-68-65-62-59-56-53-50-48-45-30-28-26-23-20-17-14-11-8-5-2/h7,9-10,12,16-21,25-28,31-32,34-35,37-38,51,54,74H,4-6,8,11,13-15,22-24,29-30,33,36,39-50,52-53,55-73H2,1-3H3/b10-7-,12-9-,19-16-,20-17-,21-18-,27-25-,28-26-,32-31-,35-34-,38-37-,54-51-. The minimum absolute atomic E-state index is 0.0906. The molecule has 0 saturated heterocycles. The molecule has 0 aliphatic heterocycles. The number of hydrogen-bond acceptors (Lipinski definition) is 6. The third kappa shape index (κ3) is 68.2. The van der Waals surface area contributed by atoms with Crippen LogP contribution >= 0.6 is 0 Å². The second-order valence-electron chi connectivity index (χ2n) is 22.7. The van der Waals surface area contributed by atoms with Crippen LogP contribution in [0.5, 0.6) is 0 Å². The molecule has 0 aliphatic rings. The van der Waals surface area contributed by atoms with Crippen LogP contribution in [0.25, 0.3) is 0 Å². The molecule has 6 nitrogen and oxygen atoms in total. The minimum atomic E-state index is -0.797. The Morgan fingerprint density at radius 3 is 0.747 bits per heavy atom. The molecule has 1 atom stereocenters. The smallest absolute Gasteiger partial charge is 0.306 e. The maximum atomic E-state index is 12.9. The van der Waals surface area contributed by atoms with Gasteiger partial charge in [-0.15, -0.1) is 0 Å². The summed E-state index contributed by atoms with van der Waals surface area (Å²) in [4.78, 5) is 38.4. The highest BCUT2D eigenvalue weighted by Crippen LogP contribution is 2.16. The van der Waals surface area contributed by atoms with Gasteiger partial charge in [0.05, 0.1) is 0 Å². The number of unbranched alkanes of at least 4 members (excludes halogenated alkanes) is 29. The number of allylic oxidation sites excluding steroid dienone is 22. The lowest BCUT2D eigenvalue weighted by atomic mass is 10.0. The number of carbonyl (C=O) groups excluding carboxylic acids is 3. The van der Waals surface area contributed by atoms with Crippen LogP contribution in [-0.2, 0) is 28.6 Å². The predicted octanol–water partition coefficient (Wildman–Crippen LogP) is 24.1. The van der Waals surface area contributed by atoms with Gasteiger partial charge >= 0.3 is 17.9 Å². The highest BCUT2D eigenvalue weighted by molar-refractivity contribution is 5.71. The van der Waals surface area contributed by atoms with Crippen molar-refractivity contribution in [1.82, 2.24) is 0 Å². The first-order valence-corrected chi connectivity index (χ1v) is 34.7. The molecule has 472 valence electrons. The topological polar surface area (TPSA) is 78.9 Å². The van der Waals surface area contributed by atoms with Crippen molar-refractivity contribution < 1.29 is 28.6 Å². The number of esters is 3. The van der Waals surface area contributed by atoms with Crippen LogP contribution in [0.3, 0.4) is 0 Å². The fourth-order valence-corrected chi connectivity index (χ4v) is 9.49. The van der Waals surface area contributed by atoms with Gasteiger partial charge in [0.25, 0.3) is 0 Å². The number of ether oxygens (including phenoxy) is 3. The summed E-state index contributed by atoms with van der Waals surface area (Å²) >= 11 is 0. The lowest BCUT2D eigenvalue weighted by Gasteiger charge is -2.18. The van der Waals surface area contributed by atoms with Gasteiger partial charge < -0.3 is 14.2 Å². The Bertz CT molecular complexity index is 1750. The summed E-state index contributed by atoms with van der Waals surface area (Å²) < 4.78 is 16.9. The number of carbonyl (C=O) groups is 3. The molecule has 0 amide bonds. The Balaban J connectivity index is 4.24. The molecule has 0 N–H and O–H groups in total. The molecule has 0 aromatic carbocycles. The summed E-state index contributed by atoms with van der Waals surface area (Å²) in [5.74, 6) is -0.918. The summed E-state index contributed by atoms with van der Waals surface area (Å²) in [6.07, 6.45) is 99.1. The molecule has 0 aliphatic carbocycles. The molecule has 0 bridgehead atoms. The van der Waals surface area contributed by atoms with E-state index in [0.29, 0.717) is 19.3 Å². The van der Waals surface area contributed by atoms with Gasteiger partial charge in [0.1, 0.15) is 13.2 Å². The van der Waals surface area contributed by atoms with E-state index in [-0.39, 0.29) is 31.1 Å². The normalized spacial score (nSPS) is 13.0. The van der Waals surface area contributed by atoms with Crippen molar-refractivity contribution in [1.29, 1.82) is 0 Å². The third-order valence-corrected chi connectivity index (χ3v) is 14.6. The van der Waals surface area contributed by atoms with Gasteiger partial charge in [-0.3, -0.25) is 14.4 Å². The highest BCUT2D eigenvalue weighted by atomic mass is 16.6. The van der Waals surface area contributed by atoms with Gasteiger partial charge in [-0.05, 0) is 135 Å². The maximum Gasteiger partial charge on any atom is 0.306 e. The lowest BCUT2D eigenvalue weighted by molar-refractivity contribution is -0.167. The molecule has 0 saturated carbocycles.